The third kappa shape index (κ3) is 2.82. The Morgan fingerprint density at radius 2 is 1.89 bits per heavy atom. The van der Waals surface area contributed by atoms with Gasteiger partial charge in [0.15, 0.2) is 17.3 Å². The molecule has 27 heavy (non-hydrogen) atoms. The maximum absolute atomic E-state index is 12.8. The van der Waals surface area contributed by atoms with Crippen LogP contribution in [0.4, 0.5) is 0 Å². The predicted octanol–water partition coefficient (Wildman–Crippen LogP) is 3.33. The van der Waals surface area contributed by atoms with Gasteiger partial charge in [-0.2, -0.15) is 0 Å². The number of phenols is 1. The summed E-state index contributed by atoms with van der Waals surface area (Å²) in [6.07, 6.45) is 4.01. The SMILES string of the molecule is O=C1/C(=C\c2ccc3c(c2)OCO3)Oc2c1ccc(O)c2CN1CCCC1. The van der Waals surface area contributed by atoms with Crippen molar-refractivity contribution in [3.05, 3.63) is 52.8 Å². The van der Waals surface area contributed by atoms with E-state index in [2.05, 4.69) is 4.90 Å². The standard InChI is InChI=1S/C21H19NO5/c23-16-5-4-14-20(24)19(10-13-3-6-17-18(9-13)26-12-25-17)27-21(14)15(16)11-22-7-1-2-8-22/h3-6,9-10,23H,1-2,7-8,11-12H2/b19-10+. The molecule has 3 aliphatic heterocycles. The molecule has 3 heterocycles. The van der Waals surface area contributed by atoms with E-state index >= 15 is 0 Å². The molecule has 2 aromatic carbocycles. The molecule has 0 bridgehead atoms. The molecule has 6 heteroatoms. The Kier molecular flexibility index (Phi) is 3.79. The van der Waals surface area contributed by atoms with Crippen molar-refractivity contribution >= 4 is 11.9 Å². The highest BCUT2D eigenvalue weighted by molar-refractivity contribution is 6.15. The van der Waals surface area contributed by atoms with Gasteiger partial charge < -0.3 is 19.3 Å². The van der Waals surface area contributed by atoms with Gasteiger partial charge in [-0.3, -0.25) is 9.69 Å². The van der Waals surface area contributed by atoms with E-state index in [1.165, 1.54) is 0 Å². The third-order valence-electron chi connectivity index (χ3n) is 5.19. The molecule has 0 radical (unpaired) electrons. The Morgan fingerprint density at radius 3 is 2.74 bits per heavy atom. The van der Waals surface area contributed by atoms with E-state index < -0.39 is 0 Å². The summed E-state index contributed by atoms with van der Waals surface area (Å²) in [4.78, 5) is 15.1. The summed E-state index contributed by atoms with van der Waals surface area (Å²) in [5.74, 6) is 2.05. The average molecular weight is 365 g/mol. The normalized spacial score (nSPS) is 19.6. The van der Waals surface area contributed by atoms with Crippen LogP contribution in [0.15, 0.2) is 36.1 Å². The minimum atomic E-state index is -0.176. The molecular weight excluding hydrogens is 346 g/mol. The van der Waals surface area contributed by atoms with Crippen LogP contribution < -0.4 is 14.2 Å². The van der Waals surface area contributed by atoms with Gasteiger partial charge in [0.2, 0.25) is 12.6 Å². The molecule has 0 aromatic heterocycles. The first-order valence-corrected chi connectivity index (χ1v) is 9.10. The summed E-state index contributed by atoms with van der Waals surface area (Å²) < 4.78 is 16.6. The lowest BCUT2D eigenvalue weighted by Gasteiger charge is -2.17. The number of hydrogen-bond acceptors (Lipinski definition) is 6. The summed E-state index contributed by atoms with van der Waals surface area (Å²) in [6, 6.07) is 8.68. The number of hydrogen-bond donors (Lipinski definition) is 1. The van der Waals surface area contributed by atoms with Crippen molar-refractivity contribution < 1.29 is 24.1 Å². The number of carbonyl (C=O) groups is 1. The Balaban J connectivity index is 1.47. The fraction of sp³-hybridized carbons (Fsp3) is 0.286. The topological polar surface area (TPSA) is 68.2 Å². The maximum Gasteiger partial charge on any atom is 0.231 e. The van der Waals surface area contributed by atoms with Crippen molar-refractivity contribution in [2.75, 3.05) is 19.9 Å². The van der Waals surface area contributed by atoms with Crippen molar-refractivity contribution in [1.82, 2.24) is 4.90 Å². The Bertz CT molecular complexity index is 959. The van der Waals surface area contributed by atoms with Crippen molar-refractivity contribution in [3.8, 4) is 23.0 Å². The predicted molar refractivity (Wildman–Crippen MR) is 98.1 cm³/mol. The average Bonchev–Trinajstić information content (AvgIpc) is 3.39. The lowest BCUT2D eigenvalue weighted by atomic mass is 10.0. The Labute approximate surface area is 156 Å². The molecule has 0 amide bonds. The second-order valence-electron chi connectivity index (χ2n) is 6.98. The Morgan fingerprint density at radius 1 is 1.07 bits per heavy atom. The number of nitrogens with zero attached hydrogens (tertiary/aromatic N) is 1. The summed E-state index contributed by atoms with van der Waals surface area (Å²) in [6.45, 7) is 2.78. The zero-order valence-corrected chi connectivity index (χ0v) is 14.7. The van der Waals surface area contributed by atoms with Crippen LogP contribution in [0.2, 0.25) is 0 Å². The molecule has 0 spiro atoms. The molecule has 1 fully saturated rings. The van der Waals surface area contributed by atoms with Crippen molar-refractivity contribution in [1.29, 1.82) is 0 Å². The Hall–Kier alpha value is -2.99. The monoisotopic (exact) mass is 365 g/mol. The number of ether oxygens (including phenoxy) is 3. The number of allylic oxidation sites excluding steroid dienone is 1. The van der Waals surface area contributed by atoms with E-state index in [9.17, 15) is 9.90 Å². The van der Waals surface area contributed by atoms with Crippen LogP contribution in [-0.2, 0) is 6.54 Å². The first kappa shape index (κ1) is 16.2. The van der Waals surface area contributed by atoms with E-state index in [0.717, 1.165) is 31.5 Å². The minimum absolute atomic E-state index is 0.165. The number of aromatic hydroxyl groups is 1. The highest BCUT2D eigenvalue weighted by Gasteiger charge is 2.32. The molecule has 1 N–H and O–H groups in total. The van der Waals surface area contributed by atoms with Crippen molar-refractivity contribution in [2.45, 2.75) is 19.4 Å². The number of phenolic OH excluding ortho intramolecular Hbond substituents is 1. The number of carbonyl (C=O) groups excluding carboxylic acids is 1. The number of likely N-dealkylation sites (tertiary alicyclic amines) is 1. The van der Waals surface area contributed by atoms with Crippen LogP contribution >= 0.6 is 0 Å². The molecule has 2 aromatic rings. The number of rotatable bonds is 3. The smallest absolute Gasteiger partial charge is 0.231 e. The molecule has 0 unspecified atom stereocenters. The fourth-order valence-electron chi connectivity index (χ4n) is 3.77. The number of benzene rings is 2. The van der Waals surface area contributed by atoms with Gasteiger partial charge in [0.1, 0.15) is 11.5 Å². The van der Waals surface area contributed by atoms with Gasteiger partial charge in [-0.15, -0.1) is 0 Å². The number of ketones is 1. The van der Waals surface area contributed by atoms with Gasteiger partial charge in [-0.05, 0) is 61.8 Å². The van der Waals surface area contributed by atoms with E-state index in [-0.39, 0.29) is 24.1 Å². The molecule has 6 nitrogen and oxygen atoms in total. The molecular formula is C21H19NO5. The van der Waals surface area contributed by atoms with Gasteiger partial charge in [0.25, 0.3) is 0 Å². The highest BCUT2D eigenvalue weighted by Crippen LogP contribution is 2.41. The van der Waals surface area contributed by atoms with E-state index in [1.54, 1.807) is 18.2 Å². The summed E-state index contributed by atoms with van der Waals surface area (Å²) in [5.41, 5.74) is 1.96. The third-order valence-corrected chi connectivity index (χ3v) is 5.19. The van der Waals surface area contributed by atoms with Gasteiger partial charge in [0.05, 0.1) is 11.1 Å². The van der Waals surface area contributed by atoms with E-state index in [4.69, 9.17) is 14.2 Å². The van der Waals surface area contributed by atoms with Crippen LogP contribution in [0.1, 0.15) is 34.3 Å². The molecule has 0 atom stereocenters. The number of fused-ring (bicyclic) bond motifs is 2. The van der Waals surface area contributed by atoms with Gasteiger partial charge in [-0.25, -0.2) is 0 Å². The van der Waals surface area contributed by atoms with Crippen molar-refractivity contribution in [3.63, 3.8) is 0 Å². The summed E-state index contributed by atoms with van der Waals surface area (Å²) >= 11 is 0. The van der Waals surface area contributed by atoms with Gasteiger partial charge in [-0.1, -0.05) is 6.07 Å². The zero-order chi connectivity index (χ0) is 18.4. The second kappa shape index (κ2) is 6.32. The quantitative estimate of drug-likeness (QED) is 0.842. The van der Waals surface area contributed by atoms with E-state index in [0.29, 0.717) is 34.9 Å². The lowest BCUT2D eigenvalue weighted by molar-refractivity contribution is 0.101. The second-order valence-corrected chi connectivity index (χ2v) is 6.98. The molecule has 5 rings (SSSR count). The molecule has 0 aliphatic carbocycles. The van der Waals surface area contributed by atoms with Crippen LogP contribution in [0.5, 0.6) is 23.0 Å². The zero-order valence-electron chi connectivity index (χ0n) is 14.7. The lowest BCUT2D eigenvalue weighted by Crippen LogP contribution is -2.18. The number of Topliss-reactive ketones (excluding diaryl/α,β-unsaturated/α-hetero) is 1. The molecule has 138 valence electrons. The van der Waals surface area contributed by atoms with Gasteiger partial charge >= 0.3 is 0 Å². The molecule has 3 aliphatic rings. The van der Waals surface area contributed by atoms with Crippen LogP contribution in [0.25, 0.3) is 6.08 Å². The minimum Gasteiger partial charge on any atom is -0.507 e. The van der Waals surface area contributed by atoms with Gasteiger partial charge in [0, 0.05) is 6.54 Å². The van der Waals surface area contributed by atoms with Crippen LogP contribution in [0.3, 0.4) is 0 Å². The van der Waals surface area contributed by atoms with E-state index in [1.807, 2.05) is 18.2 Å². The first-order chi connectivity index (χ1) is 13.2. The molecule has 1 saturated heterocycles. The largest absolute Gasteiger partial charge is 0.507 e. The van der Waals surface area contributed by atoms with Crippen LogP contribution in [-0.4, -0.2) is 35.7 Å². The first-order valence-electron chi connectivity index (χ1n) is 9.10. The highest BCUT2D eigenvalue weighted by atomic mass is 16.7. The van der Waals surface area contributed by atoms with Crippen LogP contribution in [0, 0.1) is 0 Å². The molecule has 0 saturated carbocycles. The fourth-order valence-corrected chi connectivity index (χ4v) is 3.77. The maximum atomic E-state index is 12.8. The van der Waals surface area contributed by atoms with Crippen molar-refractivity contribution in [2.24, 2.45) is 0 Å². The summed E-state index contributed by atoms with van der Waals surface area (Å²) in [5, 5.41) is 10.3. The summed E-state index contributed by atoms with van der Waals surface area (Å²) in [7, 11) is 0.